The highest BCUT2D eigenvalue weighted by molar-refractivity contribution is 6.91. The molecule has 0 unspecified atom stereocenters. The van der Waals surface area contributed by atoms with Crippen molar-refractivity contribution in [2.75, 3.05) is 0 Å². The Labute approximate surface area is 106 Å². The van der Waals surface area contributed by atoms with Gasteiger partial charge >= 0.3 is 0 Å². The molecular weight excluding hydrogens is 224 g/mol. The average molecular weight is 248 g/mol. The van der Waals surface area contributed by atoms with Crippen molar-refractivity contribution in [3.05, 3.63) is 30.3 Å². The van der Waals surface area contributed by atoms with Gasteiger partial charge in [0.1, 0.15) is 5.78 Å². The molecule has 1 atom stereocenters. The van der Waals surface area contributed by atoms with E-state index in [9.17, 15) is 4.79 Å². The van der Waals surface area contributed by atoms with Gasteiger partial charge in [0.2, 0.25) is 0 Å². The maximum atomic E-state index is 11.5. The zero-order valence-corrected chi connectivity index (χ0v) is 12.7. The van der Waals surface area contributed by atoms with E-state index < -0.39 is 8.07 Å². The van der Waals surface area contributed by atoms with Gasteiger partial charge in [0, 0.05) is 6.42 Å². The minimum atomic E-state index is -1.56. The Morgan fingerprint density at radius 2 is 1.71 bits per heavy atom. The van der Waals surface area contributed by atoms with Gasteiger partial charge in [-0.15, -0.1) is 0 Å². The number of benzene rings is 1. The van der Waals surface area contributed by atoms with Crippen LogP contribution in [0.4, 0.5) is 0 Å². The van der Waals surface area contributed by atoms with Crippen LogP contribution in [0.2, 0.25) is 18.6 Å². The predicted molar refractivity (Wildman–Crippen MR) is 77.4 cm³/mol. The molecule has 0 radical (unpaired) electrons. The van der Waals surface area contributed by atoms with Gasteiger partial charge < -0.3 is 4.79 Å². The summed E-state index contributed by atoms with van der Waals surface area (Å²) in [6.07, 6.45) is 0.728. The molecule has 0 saturated carbocycles. The fraction of sp³-hybridized carbons (Fsp3) is 0.533. The summed E-state index contributed by atoms with van der Waals surface area (Å²) in [5, 5.41) is 1.46. The molecule has 0 aromatic heterocycles. The molecule has 1 aromatic carbocycles. The molecule has 17 heavy (non-hydrogen) atoms. The standard InChI is InChI=1S/C15H24OSi/c1-12(2)15(11-13(3)16)17(4,5)14-9-7-6-8-10-14/h6-10,12,15H,11H2,1-5H3/t15-/m1/s1. The molecule has 0 spiro atoms. The van der Waals surface area contributed by atoms with Gasteiger partial charge in [-0.2, -0.15) is 0 Å². The highest BCUT2D eigenvalue weighted by Gasteiger charge is 2.35. The number of rotatable bonds is 5. The summed E-state index contributed by atoms with van der Waals surface area (Å²) in [5.41, 5.74) is 0.530. The van der Waals surface area contributed by atoms with Crippen LogP contribution in [0, 0.1) is 5.92 Å². The first-order chi connectivity index (χ1) is 7.85. The summed E-state index contributed by atoms with van der Waals surface area (Å²) in [7, 11) is -1.56. The minimum absolute atomic E-state index is 0.320. The van der Waals surface area contributed by atoms with Crippen molar-refractivity contribution in [2.45, 2.75) is 45.8 Å². The molecule has 0 aliphatic heterocycles. The van der Waals surface area contributed by atoms with Crippen LogP contribution >= 0.6 is 0 Å². The zero-order valence-electron chi connectivity index (χ0n) is 11.7. The average Bonchev–Trinajstić information content (AvgIpc) is 2.26. The number of Topliss-reactive ketones (excluding diaryl/α,β-unsaturated/α-hetero) is 1. The van der Waals surface area contributed by atoms with Gasteiger partial charge in [-0.05, 0) is 18.4 Å². The monoisotopic (exact) mass is 248 g/mol. The SMILES string of the molecule is CC(=O)C[C@H](C(C)C)[Si](C)(C)c1ccccc1. The van der Waals surface area contributed by atoms with Crippen molar-refractivity contribution >= 4 is 19.0 Å². The maximum absolute atomic E-state index is 11.5. The quantitative estimate of drug-likeness (QED) is 0.728. The molecule has 1 nitrogen and oxygen atoms in total. The Morgan fingerprint density at radius 1 is 1.18 bits per heavy atom. The lowest BCUT2D eigenvalue weighted by molar-refractivity contribution is -0.117. The van der Waals surface area contributed by atoms with E-state index in [1.165, 1.54) is 5.19 Å². The summed E-state index contributed by atoms with van der Waals surface area (Å²) in [5.74, 6) is 0.890. The molecular formula is C15H24OSi. The van der Waals surface area contributed by atoms with Crippen molar-refractivity contribution in [1.29, 1.82) is 0 Å². The molecule has 0 heterocycles. The van der Waals surface area contributed by atoms with Gasteiger partial charge in [-0.1, -0.05) is 62.5 Å². The summed E-state index contributed by atoms with van der Waals surface area (Å²) < 4.78 is 0. The number of ketones is 1. The van der Waals surface area contributed by atoms with Crippen LogP contribution in [-0.4, -0.2) is 13.9 Å². The largest absolute Gasteiger partial charge is 0.300 e. The predicted octanol–water partition coefficient (Wildman–Crippen LogP) is 3.61. The molecule has 1 rings (SSSR count). The first kappa shape index (κ1) is 14.2. The van der Waals surface area contributed by atoms with E-state index in [4.69, 9.17) is 0 Å². The topological polar surface area (TPSA) is 17.1 Å². The van der Waals surface area contributed by atoms with Crippen LogP contribution in [0.3, 0.4) is 0 Å². The van der Waals surface area contributed by atoms with Gasteiger partial charge in [0.15, 0.2) is 0 Å². The fourth-order valence-corrected chi connectivity index (χ4v) is 6.66. The Balaban J connectivity index is 3.04. The van der Waals surface area contributed by atoms with E-state index in [1.54, 1.807) is 6.92 Å². The Hall–Kier alpha value is -0.893. The number of carbonyl (C=O) groups excluding carboxylic acids is 1. The Morgan fingerprint density at radius 3 is 2.12 bits per heavy atom. The van der Waals surface area contributed by atoms with Crippen molar-refractivity contribution in [3.8, 4) is 0 Å². The van der Waals surface area contributed by atoms with Crippen LogP contribution in [0.5, 0.6) is 0 Å². The minimum Gasteiger partial charge on any atom is -0.300 e. The van der Waals surface area contributed by atoms with E-state index in [-0.39, 0.29) is 0 Å². The Kier molecular flexibility index (Phi) is 4.69. The number of hydrogen-bond acceptors (Lipinski definition) is 1. The van der Waals surface area contributed by atoms with Crippen LogP contribution in [0.25, 0.3) is 0 Å². The van der Waals surface area contributed by atoms with Gasteiger partial charge in [0.05, 0.1) is 8.07 Å². The molecule has 94 valence electrons. The second-order valence-corrected chi connectivity index (χ2v) is 10.6. The van der Waals surface area contributed by atoms with E-state index in [0.717, 1.165) is 6.42 Å². The van der Waals surface area contributed by atoms with E-state index in [2.05, 4.69) is 57.3 Å². The zero-order chi connectivity index (χ0) is 13.1. The number of hydrogen-bond donors (Lipinski definition) is 0. The first-order valence-corrected chi connectivity index (χ1v) is 9.48. The van der Waals surface area contributed by atoms with Crippen LogP contribution < -0.4 is 5.19 Å². The summed E-state index contributed by atoms with van der Waals surface area (Å²) in [6, 6.07) is 10.7. The van der Waals surface area contributed by atoms with E-state index >= 15 is 0 Å². The van der Waals surface area contributed by atoms with Crippen LogP contribution in [-0.2, 0) is 4.79 Å². The highest BCUT2D eigenvalue weighted by Crippen LogP contribution is 2.33. The molecule has 0 saturated heterocycles. The maximum Gasteiger partial charge on any atom is 0.129 e. The lowest BCUT2D eigenvalue weighted by Gasteiger charge is -2.35. The lowest BCUT2D eigenvalue weighted by Crippen LogP contribution is -2.48. The third-order valence-corrected chi connectivity index (χ3v) is 8.30. The third-order valence-electron chi connectivity index (χ3n) is 3.76. The van der Waals surface area contributed by atoms with E-state index in [1.807, 2.05) is 0 Å². The van der Waals surface area contributed by atoms with Gasteiger partial charge in [0.25, 0.3) is 0 Å². The summed E-state index contributed by atoms with van der Waals surface area (Å²) in [6.45, 7) is 11.0. The van der Waals surface area contributed by atoms with Crippen molar-refractivity contribution in [3.63, 3.8) is 0 Å². The van der Waals surface area contributed by atoms with E-state index in [0.29, 0.717) is 17.2 Å². The summed E-state index contributed by atoms with van der Waals surface area (Å²) >= 11 is 0. The van der Waals surface area contributed by atoms with Gasteiger partial charge in [-0.3, -0.25) is 0 Å². The molecule has 0 bridgehead atoms. The highest BCUT2D eigenvalue weighted by atomic mass is 28.3. The van der Waals surface area contributed by atoms with Crippen LogP contribution in [0.1, 0.15) is 27.2 Å². The van der Waals surface area contributed by atoms with Crippen LogP contribution in [0.15, 0.2) is 30.3 Å². The summed E-state index contributed by atoms with van der Waals surface area (Å²) in [4.78, 5) is 11.5. The number of carbonyl (C=O) groups is 1. The second kappa shape index (κ2) is 5.63. The molecule has 0 aliphatic rings. The normalized spacial score (nSPS) is 13.8. The molecule has 0 amide bonds. The Bertz CT molecular complexity index is 368. The van der Waals surface area contributed by atoms with Crippen molar-refractivity contribution in [1.82, 2.24) is 0 Å². The van der Waals surface area contributed by atoms with Crippen molar-refractivity contribution in [2.24, 2.45) is 5.92 Å². The first-order valence-electron chi connectivity index (χ1n) is 6.40. The molecule has 2 heteroatoms. The lowest BCUT2D eigenvalue weighted by atomic mass is 10.1. The van der Waals surface area contributed by atoms with Crippen molar-refractivity contribution < 1.29 is 4.79 Å². The second-order valence-electron chi connectivity index (χ2n) is 5.84. The fourth-order valence-electron chi connectivity index (χ4n) is 2.72. The third kappa shape index (κ3) is 3.53. The van der Waals surface area contributed by atoms with Gasteiger partial charge in [-0.25, -0.2) is 0 Å². The molecule has 0 aliphatic carbocycles. The molecule has 0 fully saturated rings. The molecule has 0 N–H and O–H groups in total. The molecule has 1 aromatic rings. The smallest absolute Gasteiger partial charge is 0.129 e.